The second kappa shape index (κ2) is 5.23. The van der Waals surface area contributed by atoms with Gasteiger partial charge in [0.25, 0.3) is 0 Å². The zero-order valence-corrected chi connectivity index (χ0v) is 14.3. The Labute approximate surface area is 134 Å². The van der Waals surface area contributed by atoms with E-state index in [2.05, 4.69) is 44.2 Å². The number of nitrogens with one attached hydrogen (secondary N) is 1. The molecule has 0 spiro atoms. The Morgan fingerprint density at radius 1 is 1.50 bits per heavy atom. The highest BCUT2D eigenvalue weighted by Crippen LogP contribution is 2.65. The molecule has 0 saturated heterocycles. The Morgan fingerprint density at radius 2 is 2.23 bits per heavy atom. The van der Waals surface area contributed by atoms with Crippen molar-refractivity contribution in [2.24, 2.45) is 5.41 Å². The summed E-state index contributed by atoms with van der Waals surface area (Å²) in [6.45, 7) is 8.83. The minimum atomic E-state index is -0.383. The molecule has 1 fully saturated rings. The van der Waals surface area contributed by atoms with Crippen LogP contribution >= 0.6 is 11.3 Å². The first kappa shape index (κ1) is 15.3. The SMILES string of the molecule is CC(C)c1cc(CNC(=O)[C@]2(c3cccs3)CC2(C)C)no1. The van der Waals surface area contributed by atoms with Crippen LogP contribution in [0.25, 0.3) is 0 Å². The lowest BCUT2D eigenvalue weighted by Gasteiger charge is -2.18. The normalized spacial score (nSPS) is 22.8. The van der Waals surface area contributed by atoms with Gasteiger partial charge < -0.3 is 9.84 Å². The van der Waals surface area contributed by atoms with Gasteiger partial charge in [0.15, 0.2) is 0 Å². The highest BCUT2D eigenvalue weighted by atomic mass is 32.1. The van der Waals surface area contributed by atoms with Crippen molar-refractivity contribution in [3.63, 3.8) is 0 Å². The monoisotopic (exact) mass is 318 g/mol. The Bertz CT molecular complexity index is 673. The van der Waals surface area contributed by atoms with Crippen LogP contribution in [0.3, 0.4) is 0 Å². The summed E-state index contributed by atoms with van der Waals surface area (Å²) in [7, 11) is 0. The molecule has 0 aromatic carbocycles. The quantitative estimate of drug-likeness (QED) is 0.911. The molecule has 2 aromatic rings. The molecule has 5 heteroatoms. The van der Waals surface area contributed by atoms with Gasteiger partial charge >= 0.3 is 0 Å². The lowest BCUT2D eigenvalue weighted by atomic mass is 9.93. The predicted octanol–water partition coefficient (Wildman–Crippen LogP) is 3.84. The number of carbonyl (C=O) groups excluding carboxylic acids is 1. The van der Waals surface area contributed by atoms with Crippen LogP contribution in [0.4, 0.5) is 0 Å². The Kier molecular flexibility index (Phi) is 3.63. The third-order valence-electron chi connectivity index (χ3n) is 4.64. The third-order valence-corrected chi connectivity index (χ3v) is 5.67. The van der Waals surface area contributed by atoms with Gasteiger partial charge in [0, 0.05) is 16.9 Å². The van der Waals surface area contributed by atoms with Gasteiger partial charge in [0.05, 0.1) is 12.0 Å². The maximum atomic E-state index is 12.8. The molecule has 1 aliphatic carbocycles. The van der Waals surface area contributed by atoms with Crippen molar-refractivity contribution in [2.45, 2.75) is 52.0 Å². The van der Waals surface area contributed by atoms with Gasteiger partial charge in [0.2, 0.25) is 5.91 Å². The minimum Gasteiger partial charge on any atom is -0.361 e. The van der Waals surface area contributed by atoms with E-state index in [4.69, 9.17) is 4.52 Å². The van der Waals surface area contributed by atoms with Crippen LogP contribution in [-0.4, -0.2) is 11.1 Å². The molecule has 1 atom stereocenters. The molecule has 3 rings (SSSR count). The maximum Gasteiger partial charge on any atom is 0.232 e. The zero-order chi connectivity index (χ0) is 16.0. The van der Waals surface area contributed by atoms with E-state index in [1.807, 2.05) is 17.5 Å². The van der Waals surface area contributed by atoms with Gasteiger partial charge in [-0.05, 0) is 23.3 Å². The molecule has 0 aliphatic heterocycles. The van der Waals surface area contributed by atoms with Gasteiger partial charge in [-0.2, -0.15) is 0 Å². The van der Waals surface area contributed by atoms with Gasteiger partial charge in [0.1, 0.15) is 11.5 Å². The largest absolute Gasteiger partial charge is 0.361 e. The molecule has 0 unspecified atom stereocenters. The average molecular weight is 318 g/mol. The fraction of sp³-hybridized carbons (Fsp3) is 0.529. The molecule has 1 N–H and O–H groups in total. The van der Waals surface area contributed by atoms with Crippen molar-refractivity contribution in [2.75, 3.05) is 0 Å². The van der Waals surface area contributed by atoms with Crippen molar-refractivity contribution in [1.82, 2.24) is 10.5 Å². The topological polar surface area (TPSA) is 55.1 Å². The summed E-state index contributed by atoms with van der Waals surface area (Å²) in [5.41, 5.74) is 0.400. The van der Waals surface area contributed by atoms with E-state index in [0.717, 1.165) is 22.8 Å². The second-order valence-corrected chi connectivity index (χ2v) is 7.95. The van der Waals surface area contributed by atoms with Crippen LogP contribution < -0.4 is 5.32 Å². The van der Waals surface area contributed by atoms with Crippen LogP contribution in [0.1, 0.15) is 56.4 Å². The number of aromatic nitrogens is 1. The average Bonchev–Trinajstić information content (AvgIpc) is 2.93. The summed E-state index contributed by atoms with van der Waals surface area (Å²) < 4.78 is 5.27. The number of amides is 1. The van der Waals surface area contributed by atoms with Crippen molar-refractivity contribution in [3.8, 4) is 0 Å². The number of hydrogen-bond donors (Lipinski definition) is 1. The molecule has 0 radical (unpaired) electrons. The number of carbonyl (C=O) groups is 1. The molecular formula is C17H22N2O2S. The minimum absolute atomic E-state index is 0.00878. The van der Waals surface area contributed by atoms with Gasteiger partial charge in [-0.25, -0.2) is 0 Å². The highest BCUT2D eigenvalue weighted by Gasteiger charge is 2.67. The van der Waals surface area contributed by atoms with Crippen molar-refractivity contribution in [3.05, 3.63) is 39.9 Å². The van der Waals surface area contributed by atoms with E-state index in [1.165, 1.54) is 0 Å². The Morgan fingerprint density at radius 3 is 2.73 bits per heavy atom. The first-order valence-electron chi connectivity index (χ1n) is 7.64. The molecule has 1 aliphatic rings. The molecule has 2 heterocycles. The highest BCUT2D eigenvalue weighted by molar-refractivity contribution is 7.10. The Balaban J connectivity index is 1.71. The summed E-state index contributed by atoms with van der Waals surface area (Å²) in [6, 6.07) is 5.99. The summed E-state index contributed by atoms with van der Waals surface area (Å²) in [5, 5.41) is 9.10. The second-order valence-electron chi connectivity index (χ2n) is 7.00. The third kappa shape index (κ3) is 2.37. The summed E-state index contributed by atoms with van der Waals surface area (Å²) >= 11 is 1.66. The van der Waals surface area contributed by atoms with Crippen LogP contribution in [0.5, 0.6) is 0 Å². The van der Waals surface area contributed by atoms with E-state index in [0.29, 0.717) is 12.5 Å². The first-order valence-corrected chi connectivity index (χ1v) is 8.52. The van der Waals surface area contributed by atoms with E-state index in [9.17, 15) is 4.79 Å². The molecule has 22 heavy (non-hydrogen) atoms. The zero-order valence-electron chi connectivity index (χ0n) is 13.5. The predicted molar refractivity (Wildman–Crippen MR) is 86.8 cm³/mol. The summed E-state index contributed by atoms with van der Waals surface area (Å²) in [4.78, 5) is 13.9. The molecule has 2 aromatic heterocycles. The number of thiophene rings is 1. The molecule has 0 bridgehead atoms. The molecule has 1 amide bonds. The van der Waals surface area contributed by atoms with E-state index in [1.54, 1.807) is 11.3 Å². The van der Waals surface area contributed by atoms with Crippen molar-refractivity contribution >= 4 is 17.2 Å². The number of hydrogen-bond acceptors (Lipinski definition) is 4. The first-order chi connectivity index (χ1) is 10.4. The van der Waals surface area contributed by atoms with Gasteiger partial charge in [-0.1, -0.05) is 38.9 Å². The van der Waals surface area contributed by atoms with Crippen LogP contribution in [0, 0.1) is 5.41 Å². The number of rotatable bonds is 5. The van der Waals surface area contributed by atoms with Crippen LogP contribution in [-0.2, 0) is 16.8 Å². The van der Waals surface area contributed by atoms with Crippen LogP contribution in [0.15, 0.2) is 28.1 Å². The Hall–Kier alpha value is -1.62. The van der Waals surface area contributed by atoms with Crippen LogP contribution in [0.2, 0.25) is 0 Å². The molecule has 118 valence electrons. The van der Waals surface area contributed by atoms with Gasteiger partial charge in [-0.3, -0.25) is 4.79 Å². The maximum absolute atomic E-state index is 12.8. The van der Waals surface area contributed by atoms with Gasteiger partial charge in [-0.15, -0.1) is 11.3 Å². The number of nitrogens with zero attached hydrogens (tertiary/aromatic N) is 1. The molecule has 1 saturated carbocycles. The van der Waals surface area contributed by atoms with Crippen molar-refractivity contribution < 1.29 is 9.32 Å². The van der Waals surface area contributed by atoms with E-state index >= 15 is 0 Å². The smallest absolute Gasteiger partial charge is 0.232 e. The standard InChI is InChI=1S/C17H22N2O2S/c1-11(2)13-8-12(19-21-13)9-18-15(20)17(10-16(17,3)4)14-6-5-7-22-14/h5-8,11H,9-10H2,1-4H3,(H,18,20)/t17-/m1/s1. The fourth-order valence-corrected chi connectivity index (χ4v) is 4.17. The van der Waals surface area contributed by atoms with E-state index in [-0.39, 0.29) is 16.7 Å². The lowest BCUT2D eigenvalue weighted by Crippen LogP contribution is -2.37. The van der Waals surface area contributed by atoms with E-state index < -0.39 is 0 Å². The lowest BCUT2D eigenvalue weighted by molar-refractivity contribution is -0.124. The summed E-state index contributed by atoms with van der Waals surface area (Å²) in [6.07, 6.45) is 0.891. The molecule has 4 nitrogen and oxygen atoms in total. The summed E-state index contributed by atoms with van der Waals surface area (Å²) in [5.74, 6) is 1.25. The van der Waals surface area contributed by atoms with Crippen molar-refractivity contribution in [1.29, 1.82) is 0 Å². The fourth-order valence-electron chi connectivity index (χ4n) is 3.07. The molecular weight excluding hydrogens is 296 g/mol.